The van der Waals surface area contributed by atoms with Crippen molar-refractivity contribution in [3.8, 4) is 5.75 Å². The second-order valence-electron chi connectivity index (χ2n) is 7.99. The molecule has 2 amide bonds. The third kappa shape index (κ3) is 7.56. The molecule has 0 saturated carbocycles. The van der Waals surface area contributed by atoms with Crippen LogP contribution in [0.4, 0.5) is 18.9 Å². The number of ether oxygens (including phenoxy) is 1. The van der Waals surface area contributed by atoms with E-state index in [1.165, 1.54) is 48.7 Å². The summed E-state index contributed by atoms with van der Waals surface area (Å²) in [6.07, 6.45) is -3.46. The number of alkyl halides is 3. The fourth-order valence-corrected chi connectivity index (χ4v) is 4.55. The molecule has 3 rings (SSSR count). The van der Waals surface area contributed by atoms with Crippen LogP contribution in [0.1, 0.15) is 16.7 Å². The van der Waals surface area contributed by atoms with Crippen molar-refractivity contribution >= 4 is 33.7 Å². The van der Waals surface area contributed by atoms with Gasteiger partial charge in [-0.2, -0.15) is 18.3 Å². The minimum absolute atomic E-state index is 0.199. The number of nitrogens with two attached hydrogens (primary N) is 1. The molecule has 3 N–H and O–H groups in total. The molecule has 0 atom stereocenters. The molecule has 0 bridgehead atoms. The van der Waals surface area contributed by atoms with Crippen LogP contribution in [0, 0.1) is 6.92 Å². The fraction of sp³-hybridized carbons (Fsp3) is 0.160. The van der Waals surface area contributed by atoms with Crippen molar-refractivity contribution < 1.29 is 35.9 Å². The van der Waals surface area contributed by atoms with E-state index in [0.717, 1.165) is 17.7 Å². The summed E-state index contributed by atoms with van der Waals surface area (Å²) in [4.78, 5) is 23.2. The zero-order chi connectivity index (χ0) is 27.9. The van der Waals surface area contributed by atoms with E-state index in [1.54, 1.807) is 19.1 Å². The maximum Gasteiger partial charge on any atom is 0.416 e. The number of hydrogen-bond acceptors (Lipinski definition) is 6. The van der Waals surface area contributed by atoms with E-state index < -0.39 is 40.1 Å². The van der Waals surface area contributed by atoms with E-state index in [-0.39, 0.29) is 17.2 Å². The summed E-state index contributed by atoms with van der Waals surface area (Å²) in [5, 5.41) is 3.77. The van der Waals surface area contributed by atoms with Crippen molar-refractivity contribution in [2.45, 2.75) is 18.0 Å². The van der Waals surface area contributed by atoms with Gasteiger partial charge < -0.3 is 10.5 Å². The second kappa shape index (κ2) is 11.8. The van der Waals surface area contributed by atoms with Gasteiger partial charge in [0.15, 0.2) is 6.61 Å². The lowest BCUT2D eigenvalue weighted by Crippen LogP contribution is -2.39. The van der Waals surface area contributed by atoms with E-state index in [2.05, 4.69) is 10.5 Å². The van der Waals surface area contributed by atoms with Crippen LogP contribution in [-0.4, -0.2) is 39.6 Å². The van der Waals surface area contributed by atoms with Crippen molar-refractivity contribution in [1.82, 2.24) is 5.43 Å². The Morgan fingerprint density at radius 2 is 1.71 bits per heavy atom. The molecule has 0 saturated heterocycles. The van der Waals surface area contributed by atoms with Crippen LogP contribution in [-0.2, 0) is 25.8 Å². The zero-order valence-corrected chi connectivity index (χ0v) is 20.8. The van der Waals surface area contributed by atoms with Gasteiger partial charge in [0.25, 0.3) is 21.8 Å². The lowest BCUT2D eigenvalue weighted by Gasteiger charge is -2.24. The van der Waals surface area contributed by atoms with Crippen LogP contribution in [0.2, 0.25) is 0 Å². The highest BCUT2D eigenvalue weighted by Crippen LogP contribution is 2.33. The molecule has 200 valence electrons. The number of benzene rings is 3. The minimum Gasteiger partial charge on any atom is -0.484 e. The summed E-state index contributed by atoms with van der Waals surface area (Å²) in [5.74, 6) is -1.15. The molecule has 0 radical (unpaired) electrons. The number of nitrogens with one attached hydrogen (secondary N) is 1. The molecular weight excluding hydrogens is 525 g/mol. The van der Waals surface area contributed by atoms with Gasteiger partial charge in [-0.05, 0) is 67.1 Å². The Kier molecular flexibility index (Phi) is 8.73. The highest BCUT2D eigenvalue weighted by Gasteiger charge is 2.33. The summed E-state index contributed by atoms with van der Waals surface area (Å²) in [6.45, 7) is 0.611. The maximum absolute atomic E-state index is 13.3. The molecule has 3 aromatic rings. The van der Waals surface area contributed by atoms with Gasteiger partial charge in [0, 0.05) is 0 Å². The van der Waals surface area contributed by atoms with E-state index in [0.29, 0.717) is 21.7 Å². The van der Waals surface area contributed by atoms with E-state index in [9.17, 15) is 31.2 Å². The van der Waals surface area contributed by atoms with Crippen LogP contribution in [0.15, 0.2) is 82.8 Å². The lowest BCUT2D eigenvalue weighted by atomic mass is 10.2. The smallest absolute Gasteiger partial charge is 0.416 e. The molecule has 3 aromatic carbocycles. The van der Waals surface area contributed by atoms with E-state index in [4.69, 9.17) is 10.5 Å². The molecule has 0 unspecified atom stereocenters. The molecule has 0 heterocycles. The van der Waals surface area contributed by atoms with Gasteiger partial charge >= 0.3 is 6.18 Å². The number of nitrogens with zero attached hydrogens (tertiary/aromatic N) is 2. The summed E-state index contributed by atoms with van der Waals surface area (Å²) >= 11 is 0. The first-order valence-electron chi connectivity index (χ1n) is 11.0. The SMILES string of the molecule is Cc1ccc(S(=O)(=O)N(CC(=O)N/N=C\c2ccc(OCC(N)=O)cc2)c2cccc(C(F)(F)F)c2)cc1. The summed E-state index contributed by atoms with van der Waals surface area (Å²) in [6, 6.07) is 15.6. The summed E-state index contributed by atoms with van der Waals surface area (Å²) in [7, 11) is -4.42. The topological polar surface area (TPSA) is 131 Å². The van der Waals surface area contributed by atoms with Crippen molar-refractivity contribution in [1.29, 1.82) is 0 Å². The van der Waals surface area contributed by atoms with Crippen LogP contribution in [0.3, 0.4) is 0 Å². The predicted molar refractivity (Wildman–Crippen MR) is 134 cm³/mol. The molecule has 13 heteroatoms. The van der Waals surface area contributed by atoms with E-state index in [1.807, 2.05) is 0 Å². The van der Waals surface area contributed by atoms with Gasteiger partial charge in [-0.3, -0.25) is 13.9 Å². The molecular formula is C25H23F3N4O5S. The second-order valence-corrected chi connectivity index (χ2v) is 9.85. The van der Waals surface area contributed by atoms with Crippen LogP contribution in [0.25, 0.3) is 0 Å². The van der Waals surface area contributed by atoms with Crippen LogP contribution < -0.4 is 20.2 Å². The fourth-order valence-electron chi connectivity index (χ4n) is 3.14. The maximum atomic E-state index is 13.3. The van der Waals surface area contributed by atoms with Gasteiger partial charge in [-0.15, -0.1) is 0 Å². The number of primary amides is 1. The number of aryl methyl sites for hydroxylation is 1. The molecule has 0 aliphatic rings. The molecule has 0 aromatic heterocycles. The van der Waals surface area contributed by atoms with Crippen molar-refractivity contribution in [2.75, 3.05) is 17.5 Å². The van der Waals surface area contributed by atoms with Crippen LogP contribution >= 0.6 is 0 Å². The number of hydrogen-bond donors (Lipinski definition) is 2. The van der Waals surface area contributed by atoms with E-state index >= 15 is 0 Å². The number of halogens is 3. The highest BCUT2D eigenvalue weighted by molar-refractivity contribution is 7.92. The van der Waals surface area contributed by atoms with Crippen molar-refractivity contribution in [2.24, 2.45) is 10.8 Å². The standard InChI is InChI=1S/C25H23F3N4O5S/c1-17-5-11-22(12-6-17)38(35,36)32(20-4-2-3-19(13-20)25(26,27)28)15-24(34)31-30-14-18-7-9-21(10-8-18)37-16-23(29)33/h2-14H,15-16H2,1H3,(H2,29,33)(H,31,34)/b30-14-. The first-order valence-corrected chi connectivity index (χ1v) is 12.4. The number of hydrazone groups is 1. The number of anilines is 1. The highest BCUT2D eigenvalue weighted by atomic mass is 32.2. The number of carbonyl (C=O) groups excluding carboxylic acids is 2. The number of rotatable bonds is 10. The molecule has 9 nitrogen and oxygen atoms in total. The summed E-state index contributed by atoms with van der Waals surface area (Å²) in [5.41, 5.74) is 7.07. The lowest BCUT2D eigenvalue weighted by molar-refractivity contribution is -0.137. The predicted octanol–water partition coefficient (Wildman–Crippen LogP) is 3.22. The number of sulfonamides is 1. The Bertz CT molecular complexity index is 1420. The number of amides is 2. The first-order chi connectivity index (χ1) is 17.9. The van der Waals surface area contributed by atoms with Gasteiger partial charge in [0.05, 0.1) is 22.4 Å². The molecule has 0 aliphatic carbocycles. The quantitative estimate of drug-likeness (QED) is 0.297. The number of carbonyl (C=O) groups is 2. The third-order valence-corrected chi connectivity index (χ3v) is 6.81. The average Bonchev–Trinajstić information content (AvgIpc) is 2.86. The van der Waals surface area contributed by atoms with Crippen LogP contribution in [0.5, 0.6) is 5.75 Å². The Labute approximate surface area is 216 Å². The average molecular weight is 549 g/mol. The molecule has 0 aliphatic heterocycles. The zero-order valence-electron chi connectivity index (χ0n) is 20.0. The van der Waals surface area contributed by atoms with Gasteiger partial charge in [-0.1, -0.05) is 23.8 Å². The molecule has 0 fully saturated rings. The Balaban J connectivity index is 1.81. The van der Waals surface area contributed by atoms with Crippen molar-refractivity contribution in [3.05, 3.63) is 89.5 Å². The minimum atomic E-state index is -4.72. The van der Waals surface area contributed by atoms with Gasteiger partial charge in [-0.25, -0.2) is 13.8 Å². The van der Waals surface area contributed by atoms with Gasteiger partial charge in [0.1, 0.15) is 12.3 Å². The largest absolute Gasteiger partial charge is 0.484 e. The first kappa shape index (κ1) is 28.2. The van der Waals surface area contributed by atoms with Gasteiger partial charge in [0.2, 0.25) is 0 Å². The monoisotopic (exact) mass is 548 g/mol. The molecule has 0 spiro atoms. The normalized spacial score (nSPS) is 11.8. The van der Waals surface area contributed by atoms with Crippen molar-refractivity contribution in [3.63, 3.8) is 0 Å². The Hall–Kier alpha value is -4.39. The summed E-state index contributed by atoms with van der Waals surface area (Å²) < 4.78 is 72.3. The third-order valence-electron chi connectivity index (χ3n) is 5.02. The Morgan fingerprint density at radius 1 is 1.05 bits per heavy atom. The molecule has 38 heavy (non-hydrogen) atoms. The Morgan fingerprint density at radius 3 is 2.32 bits per heavy atom.